The average molecular weight is 246 g/mol. The van der Waals surface area contributed by atoms with Gasteiger partial charge in [-0.05, 0) is 39.8 Å². The molecule has 1 heterocycles. The van der Waals surface area contributed by atoms with Gasteiger partial charge in [-0.1, -0.05) is 12.1 Å². The molecule has 0 saturated carbocycles. The number of anilines is 2. The van der Waals surface area contributed by atoms with E-state index in [1.54, 1.807) is 0 Å². The van der Waals surface area contributed by atoms with Crippen LogP contribution in [0.15, 0.2) is 24.3 Å². The minimum Gasteiger partial charge on any atom is -0.367 e. The van der Waals surface area contributed by atoms with E-state index in [9.17, 15) is 4.79 Å². The van der Waals surface area contributed by atoms with Crippen molar-refractivity contribution in [1.82, 2.24) is 0 Å². The van der Waals surface area contributed by atoms with E-state index in [2.05, 4.69) is 38.7 Å². The van der Waals surface area contributed by atoms with Crippen molar-refractivity contribution in [2.24, 2.45) is 0 Å². The van der Waals surface area contributed by atoms with Crippen LogP contribution in [0.3, 0.4) is 0 Å². The lowest BCUT2D eigenvalue weighted by Gasteiger charge is -2.31. The van der Waals surface area contributed by atoms with E-state index in [4.69, 9.17) is 0 Å². The third kappa shape index (κ3) is 2.22. The van der Waals surface area contributed by atoms with Gasteiger partial charge in [-0.3, -0.25) is 4.79 Å². The van der Waals surface area contributed by atoms with Crippen LogP contribution in [-0.4, -0.2) is 24.5 Å². The van der Waals surface area contributed by atoms with Gasteiger partial charge in [0.2, 0.25) is 5.91 Å². The molecule has 2 rings (SSSR count). The van der Waals surface area contributed by atoms with Crippen molar-refractivity contribution in [1.29, 1.82) is 0 Å². The summed E-state index contributed by atoms with van der Waals surface area (Å²) in [6, 6.07) is 8.82. The van der Waals surface area contributed by atoms with Crippen molar-refractivity contribution in [3.8, 4) is 0 Å². The van der Waals surface area contributed by atoms with Crippen LogP contribution < -0.4 is 9.80 Å². The average Bonchev–Trinajstić information content (AvgIpc) is 2.44. The molecule has 0 N–H and O–H groups in total. The Labute approximate surface area is 109 Å². The molecule has 1 amide bonds. The lowest BCUT2D eigenvalue weighted by molar-refractivity contribution is -0.118. The van der Waals surface area contributed by atoms with Gasteiger partial charge in [0.1, 0.15) is 0 Å². The van der Waals surface area contributed by atoms with Gasteiger partial charge in [-0.15, -0.1) is 0 Å². The van der Waals surface area contributed by atoms with Gasteiger partial charge >= 0.3 is 0 Å². The smallest absolute Gasteiger partial charge is 0.229 e. The Hall–Kier alpha value is -1.51. The molecule has 0 aliphatic carbocycles. The Morgan fingerprint density at radius 2 is 1.61 bits per heavy atom. The lowest BCUT2D eigenvalue weighted by atomic mass is 10.2. The number of carbonyl (C=O) groups is 1. The summed E-state index contributed by atoms with van der Waals surface area (Å²) >= 11 is 0. The Morgan fingerprint density at radius 3 is 2.17 bits per heavy atom. The van der Waals surface area contributed by atoms with E-state index < -0.39 is 0 Å². The first-order valence-corrected chi connectivity index (χ1v) is 6.70. The summed E-state index contributed by atoms with van der Waals surface area (Å²) < 4.78 is 0. The second-order valence-electron chi connectivity index (χ2n) is 5.38. The normalized spacial score (nSPS) is 16.2. The number of amides is 1. The molecule has 0 fully saturated rings. The quantitative estimate of drug-likeness (QED) is 0.800. The van der Waals surface area contributed by atoms with Gasteiger partial charge in [-0.25, -0.2) is 0 Å². The molecule has 0 saturated heterocycles. The Kier molecular flexibility index (Phi) is 3.60. The van der Waals surface area contributed by atoms with Crippen LogP contribution in [-0.2, 0) is 4.79 Å². The summed E-state index contributed by atoms with van der Waals surface area (Å²) in [5.41, 5.74) is 2.22. The van der Waals surface area contributed by atoms with Crippen LogP contribution in [0.25, 0.3) is 0 Å². The first kappa shape index (κ1) is 12.9. The molecule has 0 radical (unpaired) electrons. The van der Waals surface area contributed by atoms with Crippen molar-refractivity contribution < 1.29 is 4.79 Å². The molecule has 1 aromatic rings. The third-order valence-corrected chi connectivity index (χ3v) is 3.43. The summed E-state index contributed by atoms with van der Waals surface area (Å²) in [5, 5.41) is 0. The van der Waals surface area contributed by atoms with Crippen molar-refractivity contribution in [3.05, 3.63) is 24.3 Å². The summed E-state index contributed by atoms with van der Waals surface area (Å²) in [7, 11) is 0. The molecule has 98 valence electrons. The lowest BCUT2D eigenvalue weighted by Crippen LogP contribution is -2.36. The minimum absolute atomic E-state index is 0.200. The van der Waals surface area contributed by atoms with Crippen LogP contribution in [0, 0.1) is 0 Å². The van der Waals surface area contributed by atoms with Crippen LogP contribution >= 0.6 is 0 Å². The fourth-order valence-electron chi connectivity index (χ4n) is 2.60. The number of hydrogen-bond donors (Lipinski definition) is 0. The fourth-order valence-corrected chi connectivity index (χ4v) is 2.60. The zero-order valence-corrected chi connectivity index (χ0v) is 11.7. The molecule has 3 nitrogen and oxygen atoms in total. The number of para-hydroxylation sites is 2. The van der Waals surface area contributed by atoms with Crippen LogP contribution in [0.4, 0.5) is 11.4 Å². The van der Waals surface area contributed by atoms with Crippen LogP contribution in [0.1, 0.15) is 34.1 Å². The van der Waals surface area contributed by atoms with E-state index in [0.29, 0.717) is 12.5 Å². The molecular weight excluding hydrogens is 224 g/mol. The second kappa shape index (κ2) is 5.01. The summed E-state index contributed by atoms with van der Waals surface area (Å²) in [6.07, 6.45) is 0.588. The summed E-state index contributed by atoms with van der Waals surface area (Å²) in [4.78, 5) is 16.5. The molecule has 1 aliphatic heterocycles. The molecule has 0 unspecified atom stereocenters. The SMILES string of the molecule is CC(C)N1CCC(=O)N(C(C)C)c2ccccc21. The Morgan fingerprint density at radius 1 is 1.00 bits per heavy atom. The first-order valence-electron chi connectivity index (χ1n) is 6.70. The van der Waals surface area contributed by atoms with E-state index in [-0.39, 0.29) is 11.9 Å². The fraction of sp³-hybridized carbons (Fsp3) is 0.533. The monoisotopic (exact) mass is 246 g/mol. The number of rotatable bonds is 2. The largest absolute Gasteiger partial charge is 0.367 e. The highest BCUT2D eigenvalue weighted by atomic mass is 16.2. The van der Waals surface area contributed by atoms with Crippen molar-refractivity contribution in [2.45, 2.75) is 46.2 Å². The van der Waals surface area contributed by atoms with E-state index in [1.165, 1.54) is 5.69 Å². The molecule has 3 heteroatoms. The highest BCUT2D eigenvalue weighted by Gasteiger charge is 2.28. The molecule has 0 atom stereocenters. The zero-order valence-electron chi connectivity index (χ0n) is 11.7. The predicted molar refractivity (Wildman–Crippen MR) is 76.2 cm³/mol. The molecule has 18 heavy (non-hydrogen) atoms. The molecule has 1 aromatic carbocycles. The summed E-state index contributed by atoms with van der Waals surface area (Å²) in [6.45, 7) is 9.29. The number of carbonyl (C=O) groups excluding carboxylic acids is 1. The molecular formula is C15H22N2O. The van der Waals surface area contributed by atoms with E-state index >= 15 is 0 Å². The standard InChI is InChI=1S/C15H22N2O/c1-11(2)16-10-9-15(18)17(12(3)4)14-8-6-5-7-13(14)16/h5-8,11-12H,9-10H2,1-4H3. The molecule has 0 spiro atoms. The van der Waals surface area contributed by atoms with E-state index in [1.807, 2.05) is 23.1 Å². The molecule has 1 aliphatic rings. The Bertz CT molecular complexity index is 440. The first-order chi connectivity index (χ1) is 8.52. The van der Waals surface area contributed by atoms with Crippen molar-refractivity contribution in [3.63, 3.8) is 0 Å². The van der Waals surface area contributed by atoms with Crippen molar-refractivity contribution in [2.75, 3.05) is 16.3 Å². The van der Waals surface area contributed by atoms with Gasteiger partial charge < -0.3 is 9.80 Å². The Balaban J connectivity index is 2.53. The summed E-state index contributed by atoms with van der Waals surface area (Å²) in [5.74, 6) is 0.223. The third-order valence-electron chi connectivity index (χ3n) is 3.43. The van der Waals surface area contributed by atoms with Gasteiger partial charge in [-0.2, -0.15) is 0 Å². The topological polar surface area (TPSA) is 23.6 Å². The van der Waals surface area contributed by atoms with Gasteiger partial charge in [0.25, 0.3) is 0 Å². The highest BCUT2D eigenvalue weighted by Crippen LogP contribution is 2.34. The predicted octanol–water partition coefficient (Wildman–Crippen LogP) is 3.05. The van der Waals surface area contributed by atoms with Gasteiger partial charge in [0, 0.05) is 25.0 Å². The van der Waals surface area contributed by atoms with Gasteiger partial charge in [0.05, 0.1) is 11.4 Å². The van der Waals surface area contributed by atoms with Crippen LogP contribution in [0.5, 0.6) is 0 Å². The van der Waals surface area contributed by atoms with Gasteiger partial charge in [0.15, 0.2) is 0 Å². The number of fused-ring (bicyclic) bond motifs is 1. The maximum Gasteiger partial charge on any atom is 0.229 e. The number of nitrogens with zero attached hydrogens (tertiary/aromatic N) is 2. The van der Waals surface area contributed by atoms with E-state index in [0.717, 1.165) is 12.2 Å². The van der Waals surface area contributed by atoms with Crippen LogP contribution in [0.2, 0.25) is 0 Å². The number of hydrogen-bond acceptors (Lipinski definition) is 2. The maximum atomic E-state index is 12.3. The second-order valence-corrected chi connectivity index (χ2v) is 5.38. The molecule has 0 aromatic heterocycles. The van der Waals surface area contributed by atoms with Crippen molar-refractivity contribution >= 4 is 17.3 Å². The zero-order chi connectivity index (χ0) is 13.3. The molecule has 0 bridgehead atoms. The number of benzene rings is 1. The highest BCUT2D eigenvalue weighted by molar-refractivity contribution is 5.99. The minimum atomic E-state index is 0.200. The maximum absolute atomic E-state index is 12.3.